The van der Waals surface area contributed by atoms with Crippen molar-refractivity contribution in [2.45, 2.75) is 24.7 Å². The minimum absolute atomic E-state index is 0.230. The van der Waals surface area contributed by atoms with E-state index in [1.807, 2.05) is 24.3 Å². The number of sulfone groups is 1. The summed E-state index contributed by atoms with van der Waals surface area (Å²) < 4.78 is 34.6. The van der Waals surface area contributed by atoms with Crippen molar-refractivity contribution in [1.82, 2.24) is 4.98 Å². The third kappa shape index (κ3) is 5.22. The number of unbranched alkanes of at least 4 members (excludes halogenated alkanes) is 1. The van der Waals surface area contributed by atoms with Crippen LogP contribution >= 0.6 is 0 Å². The molecule has 0 N–H and O–H groups in total. The zero-order chi connectivity index (χ0) is 22.4. The van der Waals surface area contributed by atoms with E-state index < -0.39 is 9.84 Å². The van der Waals surface area contributed by atoms with Gasteiger partial charge in [-0.3, -0.25) is 0 Å². The van der Waals surface area contributed by atoms with Gasteiger partial charge in [-0.05, 0) is 54.4 Å². The molecule has 0 atom stereocenters. The van der Waals surface area contributed by atoms with Crippen molar-refractivity contribution in [3.05, 3.63) is 60.2 Å². The number of rotatable bonds is 8. The van der Waals surface area contributed by atoms with Gasteiger partial charge in [0.2, 0.25) is 5.88 Å². The maximum Gasteiger partial charge on any atom is 0.232 e. The van der Waals surface area contributed by atoms with Gasteiger partial charge in [0.15, 0.2) is 9.84 Å². The van der Waals surface area contributed by atoms with Crippen molar-refractivity contribution in [1.29, 1.82) is 5.26 Å². The maximum absolute atomic E-state index is 11.8. The van der Waals surface area contributed by atoms with E-state index >= 15 is 0 Å². The number of methoxy groups -OCH3 is 1. The number of nitriles is 1. The van der Waals surface area contributed by atoms with Crippen LogP contribution in [0.5, 0.6) is 11.6 Å². The molecule has 3 aromatic rings. The van der Waals surface area contributed by atoms with E-state index in [9.17, 15) is 13.7 Å². The second-order valence-electron chi connectivity index (χ2n) is 7.08. The third-order valence-corrected chi connectivity index (χ3v) is 5.92. The van der Waals surface area contributed by atoms with Crippen molar-refractivity contribution in [2.75, 3.05) is 20.0 Å². The van der Waals surface area contributed by atoms with Crippen LogP contribution in [0, 0.1) is 11.3 Å². The Balaban J connectivity index is 2.08. The van der Waals surface area contributed by atoms with Gasteiger partial charge in [-0.25, -0.2) is 13.4 Å². The van der Waals surface area contributed by atoms with Gasteiger partial charge in [0.05, 0.1) is 24.3 Å². The van der Waals surface area contributed by atoms with Gasteiger partial charge in [0.1, 0.15) is 17.4 Å². The minimum Gasteiger partial charge on any atom is -0.494 e. The molecule has 0 aliphatic carbocycles. The summed E-state index contributed by atoms with van der Waals surface area (Å²) in [5.41, 5.74) is 3.21. The van der Waals surface area contributed by atoms with Crippen LogP contribution in [0.15, 0.2) is 59.5 Å². The third-order valence-electron chi connectivity index (χ3n) is 4.79. The molecule has 1 aromatic heterocycles. The molecule has 0 amide bonds. The molecule has 0 aliphatic heterocycles. The number of hydrogen-bond donors (Lipinski definition) is 0. The average Bonchev–Trinajstić information content (AvgIpc) is 2.78. The van der Waals surface area contributed by atoms with Crippen LogP contribution in [0.2, 0.25) is 0 Å². The van der Waals surface area contributed by atoms with Crippen molar-refractivity contribution in [3.63, 3.8) is 0 Å². The molecule has 0 saturated carbocycles. The largest absolute Gasteiger partial charge is 0.494 e. The number of aromatic nitrogens is 1. The van der Waals surface area contributed by atoms with Gasteiger partial charge in [0, 0.05) is 17.4 Å². The Labute approximate surface area is 183 Å². The van der Waals surface area contributed by atoms with Gasteiger partial charge >= 0.3 is 0 Å². The van der Waals surface area contributed by atoms with E-state index in [0.717, 1.165) is 29.7 Å². The average molecular weight is 437 g/mol. The molecule has 160 valence electrons. The summed E-state index contributed by atoms with van der Waals surface area (Å²) in [6.07, 6.45) is 3.22. The molecule has 6 nitrogen and oxygen atoms in total. The molecule has 0 saturated heterocycles. The Morgan fingerprint density at radius 1 is 1.03 bits per heavy atom. The lowest BCUT2D eigenvalue weighted by Gasteiger charge is -2.13. The summed E-state index contributed by atoms with van der Waals surface area (Å²) in [5, 5.41) is 9.51. The highest BCUT2D eigenvalue weighted by Crippen LogP contribution is 2.35. The molecule has 7 heteroatoms. The molecule has 3 rings (SSSR count). The molecule has 0 spiro atoms. The first-order valence-corrected chi connectivity index (χ1v) is 11.8. The smallest absolute Gasteiger partial charge is 0.232 e. The number of ether oxygens (including phenoxy) is 2. The highest BCUT2D eigenvalue weighted by molar-refractivity contribution is 7.90. The van der Waals surface area contributed by atoms with E-state index in [2.05, 4.69) is 18.0 Å². The second-order valence-corrected chi connectivity index (χ2v) is 9.09. The highest BCUT2D eigenvalue weighted by atomic mass is 32.2. The number of benzene rings is 2. The summed E-state index contributed by atoms with van der Waals surface area (Å²) in [6, 6.07) is 17.9. The maximum atomic E-state index is 11.8. The SMILES string of the molecule is CCCCOc1ccc(-c2nc(OC)c(C#N)cc2-c2ccc(S(C)(=O)=O)cc2)cc1. The minimum atomic E-state index is -3.30. The molecule has 2 aromatic carbocycles. The Morgan fingerprint density at radius 2 is 1.68 bits per heavy atom. The quantitative estimate of drug-likeness (QED) is 0.468. The van der Waals surface area contributed by atoms with Gasteiger partial charge in [0.25, 0.3) is 0 Å². The number of nitrogens with zero attached hydrogens (tertiary/aromatic N) is 2. The molecule has 0 radical (unpaired) electrons. The fourth-order valence-corrected chi connectivity index (χ4v) is 3.73. The monoisotopic (exact) mass is 436 g/mol. The van der Waals surface area contributed by atoms with Crippen molar-refractivity contribution < 1.29 is 17.9 Å². The van der Waals surface area contributed by atoms with E-state index in [1.54, 1.807) is 30.3 Å². The van der Waals surface area contributed by atoms with Gasteiger partial charge in [-0.15, -0.1) is 0 Å². The van der Waals surface area contributed by atoms with E-state index in [-0.39, 0.29) is 10.8 Å². The predicted octanol–water partition coefficient (Wildman–Crippen LogP) is 4.88. The standard InChI is InChI=1S/C24H24N2O4S/c1-4-5-14-30-20-10-6-18(7-11-20)23-22(15-19(16-25)24(26-23)29-2)17-8-12-21(13-9-17)31(3,27)28/h6-13,15H,4-5,14H2,1-3H3. The molecule has 0 unspecified atom stereocenters. The fourth-order valence-electron chi connectivity index (χ4n) is 3.10. The normalized spacial score (nSPS) is 11.0. The summed E-state index contributed by atoms with van der Waals surface area (Å²) in [6.45, 7) is 2.77. The lowest BCUT2D eigenvalue weighted by molar-refractivity contribution is 0.309. The number of pyridine rings is 1. The molecule has 0 bridgehead atoms. The van der Waals surface area contributed by atoms with Crippen molar-refractivity contribution in [3.8, 4) is 40.1 Å². The van der Waals surface area contributed by atoms with Crippen molar-refractivity contribution >= 4 is 9.84 Å². The first kappa shape index (κ1) is 22.3. The van der Waals surface area contributed by atoms with Crippen LogP contribution in [0.1, 0.15) is 25.3 Å². The molecule has 31 heavy (non-hydrogen) atoms. The zero-order valence-corrected chi connectivity index (χ0v) is 18.6. The van der Waals surface area contributed by atoms with Crippen LogP contribution in [-0.4, -0.2) is 33.4 Å². The molecule has 1 heterocycles. The molecule has 0 aliphatic rings. The topological polar surface area (TPSA) is 89.3 Å². The van der Waals surface area contributed by atoms with Crippen LogP contribution in [-0.2, 0) is 9.84 Å². The lowest BCUT2D eigenvalue weighted by Crippen LogP contribution is -1.99. The van der Waals surface area contributed by atoms with Gasteiger partial charge in [-0.1, -0.05) is 25.5 Å². The van der Waals surface area contributed by atoms with Gasteiger partial charge in [-0.2, -0.15) is 5.26 Å². The van der Waals surface area contributed by atoms with Crippen molar-refractivity contribution in [2.24, 2.45) is 0 Å². The number of hydrogen-bond acceptors (Lipinski definition) is 6. The van der Waals surface area contributed by atoms with Crippen LogP contribution in [0.25, 0.3) is 22.4 Å². The van der Waals surface area contributed by atoms with E-state index in [1.165, 1.54) is 13.4 Å². The van der Waals surface area contributed by atoms with Crippen LogP contribution < -0.4 is 9.47 Å². The Hall–Kier alpha value is -3.37. The summed E-state index contributed by atoms with van der Waals surface area (Å²) >= 11 is 0. The Bertz CT molecular complexity index is 1200. The van der Waals surface area contributed by atoms with Crippen LogP contribution in [0.4, 0.5) is 0 Å². The van der Waals surface area contributed by atoms with E-state index in [4.69, 9.17) is 9.47 Å². The molecule has 0 fully saturated rings. The Kier molecular flexibility index (Phi) is 6.93. The summed E-state index contributed by atoms with van der Waals surface area (Å²) in [4.78, 5) is 4.81. The summed E-state index contributed by atoms with van der Waals surface area (Å²) in [7, 11) is -1.83. The first-order valence-electron chi connectivity index (χ1n) is 9.90. The zero-order valence-electron chi connectivity index (χ0n) is 17.8. The molecular weight excluding hydrogens is 412 g/mol. The Morgan fingerprint density at radius 3 is 2.23 bits per heavy atom. The second kappa shape index (κ2) is 9.63. The lowest BCUT2D eigenvalue weighted by atomic mass is 9.98. The van der Waals surface area contributed by atoms with E-state index in [0.29, 0.717) is 23.4 Å². The molecular formula is C24H24N2O4S. The van der Waals surface area contributed by atoms with Gasteiger partial charge < -0.3 is 9.47 Å². The summed E-state index contributed by atoms with van der Waals surface area (Å²) in [5.74, 6) is 1.01. The predicted molar refractivity (Wildman–Crippen MR) is 120 cm³/mol. The first-order chi connectivity index (χ1) is 14.9. The van der Waals surface area contributed by atoms with Crippen LogP contribution in [0.3, 0.4) is 0 Å². The fraction of sp³-hybridized carbons (Fsp3) is 0.250. The highest BCUT2D eigenvalue weighted by Gasteiger charge is 2.16.